The number of anilines is 1. The Morgan fingerprint density at radius 2 is 1.84 bits per heavy atom. The second-order valence-electron chi connectivity index (χ2n) is 10.2. The van der Waals surface area contributed by atoms with E-state index in [2.05, 4.69) is 15.1 Å². The van der Waals surface area contributed by atoms with E-state index in [1.165, 1.54) is 71.2 Å². The van der Waals surface area contributed by atoms with E-state index < -0.39 is 0 Å². The smallest absolute Gasteiger partial charge is 0.164 e. The Morgan fingerprint density at radius 3 is 2.52 bits per heavy atom. The number of nitrogens with one attached hydrogen (secondary N) is 1. The molecule has 2 heterocycles. The minimum Gasteiger partial charge on any atom is -0.495 e. The zero-order valence-corrected chi connectivity index (χ0v) is 18.9. The molecule has 2 aliphatic heterocycles. The third-order valence-electron chi connectivity index (χ3n) is 8.08. The Morgan fingerprint density at radius 1 is 1.10 bits per heavy atom. The highest BCUT2D eigenvalue weighted by atomic mass is 16.5. The van der Waals surface area contributed by atoms with Gasteiger partial charge in [-0.1, -0.05) is 0 Å². The van der Waals surface area contributed by atoms with Crippen molar-refractivity contribution in [2.45, 2.75) is 63.1 Å². The van der Waals surface area contributed by atoms with Gasteiger partial charge in [0.05, 0.1) is 12.8 Å². The van der Waals surface area contributed by atoms with Gasteiger partial charge in [-0.05, 0) is 68.6 Å². The number of rotatable bonds is 8. The molecule has 2 aliphatic carbocycles. The number of benzene rings is 1. The van der Waals surface area contributed by atoms with E-state index in [0.717, 1.165) is 17.9 Å². The SMILES string of the molecule is COc1cc(C(=O)CC2N[C@H]2C2CCC(N3CCN(CC4CC4)CC3)CC2)ccc1N. The minimum atomic E-state index is 0.177. The van der Waals surface area contributed by atoms with Crippen LogP contribution in [0.5, 0.6) is 5.75 Å². The van der Waals surface area contributed by atoms with Crippen molar-refractivity contribution in [2.75, 3.05) is 45.6 Å². The van der Waals surface area contributed by atoms with Crippen molar-refractivity contribution in [3.63, 3.8) is 0 Å². The maximum Gasteiger partial charge on any atom is 0.164 e. The van der Waals surface area contributed by atoms with Crippen LogP contribution in [0.4, 0.5) is 5.69 Å². The number of nitrogens with two attached hydrogens (primary N) is 1. The Bertz CT molecular complexity index is 780. The summed E-state index contributed by atoms with van der Waals surface area (Å²) in [5, 5.41) is 3.61. The van der Waals surface area contributed by atoms with Crippen molar-refractivity contribution in [3.05, 3.63) is 23.8 Å². The van der Waals surface area contributed by atoms with Crippen molar-refractivity contribution in [2.24, 2.45) is 11.8 Å². The van der Waals surface area contributed by atoms with Gasteiger partial charge in [-0.2, -0.15) is 0 Å². The summed E-state index contributed by atoms with van der Waals surface area (Å²) in [6.07, 6.45) is 8.72. The van der Waals surface area contributed by atoms with Gasteiger partial charge in [-0.15, -0.1) is 0 Å². The third-order valence-corrected chi connectivity index (χ3v) is 8.08. The lowest BCUT2D eigenvalue weighted by Crippen LogP contribution is -2.51. The standard InChI is InChI=1S/C25H38N4O2/c1-31-24-14-19(6-9-21(24)26)23(30)15-22-25(27-22)18-4-7-20(8-5-18)29-12-10-28(11-13-29)16-17-2-3-17/h6,9,14,17-18,20,22,25,27H,2-5,7-8,10-13,15-16,26H2,1H3/t18?,20?,22?,25-/m0/s1. The van der Waals surface area contributed by atoms with Crippen molar-refractivity contribution in [1.29, 1.82) is 0 Å². The van der Waals surface area contributed by atoms with Crippen molar-refractivity contribution in [1.82, 2.24) is 15.1 Å². The number of carbonyl (C=O) groups excluding carboxylic acids is 1. The predicted molar refractivity (Wildman–Crippen MR) is 124 cm³/mol. The highest BCUT2D eigenvalue weighted by molar-refractivity contribution is 5.97. The first-order chi connectivity index (χ1) is 15.1. The monoisotopic (exact) mass is 426 g/mol. The highest BCUT2D eigenvalue weighted by Gasteiger charge is 2.44. The van der Waals surface area contributed by atoms with E-state index >= 15 is 0 Å². The van der Waals surface area contributed by atoms with E-state index in [-0.39, 0.29) is 5.78 Å². The molecule has 6 nitrogen and oxygen atoms in total. The fourth-order valence-electron chi connectivity index (χ4n) is 5.85. The molecule has 1 aromatic carbocycles. The summed E-state index contributed by atoms with van der Waals surface area (Å²) in [6, 6.07) is 6.98. The molecule has 6 heteroatoms. The summed E-state index contributed by atoms with van der Waals surface area (Å²) in [6.45, 7) is 6.39. The Kier molecular flexibility index (Phi) is 6.22. The summed E-state index contributed by atoms with van der Waals surface area (Å²) < 4.78 is 5.26. The second kappa shape index (κ2) is 9.08. The number of piperazine rings is 1. The van der Waals surface area contributed by atoms with Crippen LogP contribution < -0.4 is 15.8 Å². The third kappa shape index (κ3) is 5.07. The first-order valence-corrected chi connectivity index (χ1v) is 12.3. The lowest BCUT2D eigenvalue weighted by Gasteiger charge is -2.42. The first kappa shape index (κ1) is 21.2. The maximum absolute atomic E-state index is 12.7. The molecule has 2 atom stereocenters. The van der Waals surface area contributed by atoms with Gasteiger partial charge in [0.15, 0.2) is 5.78 Å². The molecule has 170 valence electrons. The van der Waals surface area contributed by atoms with Crippen molar-refractivity contribution in [3.8, 4) is 5.75 Å². The van der Waals surface area contributed by atoms with Gasteiger partial charge in [0.1, 0.15) is 5.75 Å². The second-order valence-corrected chi connectivity index (χ2v) is 10.2. The summed E-state index contributed by atoms with van der Waals surface area (Å²) in [5.41, 5.74) is 7.14. The largest absolute Gasteiger partial charge is 0.495 e. The normalized spacial score (nSPS) is 32.0. The van der Waals surface area contributed by atoms with Gasteiger partial charge >= 0.3 is 0 Å². The molecule has 4 fully saturated rings. The number of ketones is 1. The van der Waals surface area contributed by atoms with Crippen LogP contribution in [-0.4, -0.2) is 73.5 Å². The van der Waals surface area contributed by atoms with Crippen LogP contribution in [0, 0.1) is 11.8 Å². The molecule has 0 amide bonds. The molecule has 0 aromatic heterocycles. The quantitative estimate of drug-likeness (QED) is 0.378. The zero-order chi connectivity index (χ0) is 21.4. The Balaban J connectivity index is 1.04. The molecule has 0 spiro atoms. The molecule has 0 radical (unpaired) electrons. The van der Waals surface area contributed by atoms with Gasteiger partial charge in [0, 0.05) is 62.8 Å². The van der Waals surface area contributed by atoms with Crippen LogP contribution in [0.15, 0.2) is 18.2 Å². The number of hydrogen-bond acceptors (Lipinski definition) is 6. The molecule has 31 heavy (non-hydrogen) atoms. The lowest BCUT2D eigenvalue weighted by atomic mass is 9.82. The highest BCUT2D eigenvalue weighted by Crippen LogP contribution is 2.37. The molecule has 1 aromatic rings. The fraction of sp³-hybridized carbons (Fsp3) is 0.720. The van der Waals surface area contributed by atoms with Gasteiger partial charge in [-0.25, -0.2) is 0 Å². The molecule has 4 aliphatic rings. The molecule has 2 saturated heterocycles. The molecular formula is C25H38N4O2. The average Bonchev–Trinajstić information content (AvgIpc) is 3.72. The van der Waals surface area contributed by atoms with E-state index in [9.17, 15) is 4.79 Å². The summed E-state index contributed by atoms with van der Waals surface area (Å²) >= 11 is 0. The Hall–Kier alpha value is -1.63. The maximum atomic E-state index is 12.7. The van der Waals surface area contributed by atoms with Crippen LogP contribution in [0.1, 0.15) is 55.3 Å². The number of methoxy groups -OCH3 is 1. The number of carbonyl (C=O) groups is 1. The predicted octanol–water partition coefficient (Wildman–Crippen LogP) is 2.78. The number of nitrogen functional groups attached to an aromatic ring is 1. The summed E-state index contributed by atoms with van der Waals surface area (Å²) in [4.78, 5) is 18.2. The van der Waals surface area contributed by atoms with E-state index in [0.29, 0.717) is 35.5 Å². The van der Waals surface area contributed by atoms with E-state index in [4.69, 9.17) is 10.5 Å². The van der Waals surface area contributed by atoms with Crippen LogP contribution >= 0.6 is 0 Å². The zero-order valence-electron chi connectivity index (χ0n) is 18.9. The summed E-state index contributed by atoms with van der Waals surface area (Å²) in [5.74, 6) is 2.50. The first-order valence-electron chi connectivity index (χ1n) is 12.3. The number of nitrogens with zero attached hydrogens (tertiary/aromatic N) is 2. The van der Waals surface area contributed by atoms with E-state index in [1.54, 1.807) is 19.2 Å². The summed E-state index contributed by atoms with van der Waals surface area (Å²) in [7, 11) is 1.59. The van der Waals surface area contributed by atoms with Crippen LogP contribution in [0.3, 0.4) is 0 Å². The molecule has 5 rings (SSSR count). The van der Waals surface area contributed by atoms with Crippen molar-refractivity contribution < 1.29 is 9.53 Å². The van der Waals surface area contributed by atoms with Crippen LogP contribution in [0.2, 0.25) is 0 Å². The average molecular weight is 427 g/mol. The van der Waals surface area contributed by atoms with Gasteiger partial charge < -0.3 is 20.7 Å². The molecule has 3 N–H and O–H groups in total. The van der Waals surface area contributed by atoms with Crippen molar-refractivity contribution >= 4 is 11.5 Å². The van der Waals surface area contributed by atoms with Gasteiger partial charge in [-0.3, -0.25) is 9.69 Å². The molecule has 2 saturated carbocycles. The van der Waals surface area contributed by atoms with Gasteiger partial charge in [0.25, 0.3) is 0 Å². The number of ether oxygens (including phenoxy) is 1. The molecular weight excluding hydrogens is 388 g/mol. The molecule has 0 bridgehead atoms. The minimum absolute atomic E-state index is 0.177. The lowest BCUT2D eigenvalue weighted by molar-refractivity contribution is 0.0682. The van der Waals surface area contributed by atoms with E-state index in [1.807, 2.05) is 6.07 Å². The van der Waals surface area contributed by atoms with Gasteiger partial charge in [0.2, 0.25) is 0 Å². The molecule has 1 unspecified atom stereocenters. The number of hydrogen-bond donors (Lipinski definition) is 2. The number of Topliss-reactive ketones (excluding diaryl/α,β-unsaturated/α-hetero) is 1. The topological polar surface area (TPSA) is 80.7 Å². The fourth-order valence-corrected chi connectivity index (χ4v) is 5.85. The Labute approximate surface area is 186 Å². The van der Waals surface area contributed by atoms with Crippen LogP contribution in [-0.2, 0) is 0 Å². The van der Waals surface area contributed by atoms with Crippen LogP contribution in [0.25, 0.3) is 0 Å².